The highest BCUT2D eigenvalue weighted by molar-refractivity contribution is 5.65. The van der Waals surface area contributed by atoms with Gasteiger partial charge in [-0.05, 0) is 30.8 Å². The lowest BCUT2D eigenvalue weighted by Crippen LogP contribution is -2.40. The van der Waals surface area contributed by atoms with Crippen LogP contribution in [0.2, 0.25) is 0 Å². The van der Waals surface area contributed by atoms with Crippen LogP contribution in [-0.4, -0.2) is 35.1 Å². The monoisotopic (exact) mass is 347 g/mol. The molecule has 3 heterocycles. The Morgan fingerprint density at radius 1 is 1.19 bits per heavy atom. The highest BCUT2D eigenvalue weighted by Gasteiger charge is 2.23. The third-order valence-electron chi connectivity index (χ3n) is 4.74. The van der Waals surface area contributed by atoms with E-state index < -0.39 is 0 Å². The molecule has 0 bridgehead atoms. The number of pyridine rings is 1. The minimum absolute atomic E-state index is 0.0209. The molecule has 5 heteroatoms. The fraction of sp³-hybridized carbons (Fsp3) is 0.286. The average molecular weight is 347 g/mol. The molecule has 26 heavy (non-hydrogen) atoms. The molecular formula is C21H21N3O2. The Morgan fingerprint density at radius 3 is 2.81 bits per heavy atom. The summed E-state index contributed by atoms with van der Waals surface area (Å²) in [6.45, 7) is 5.00. The Labute approximate surface area is 153 Å². The first-order chi connectivity index (χ1) is 12.8. The van der Waals surface area contributed by atoms with Crippen LogP contribution in [-0.2, 0) is 6.54 Å². The van der Waals surface area contributed by atoms with Gasteiger partial charge in [0.05, 0.1) is 11.1 Å². The Balaban J connectivity index is 1.50. The van der Waals surface area contributed by atoms with Gasteiger partial charge in [0.25, 0.3) is 0 Å². The second-order valence-electron chi connectivity index (χ2n) is 6.46. The molecule has 0 fully saturated rings. The molecule has 0 radical (unpaired) electrons. The highest BCUT2D eigenvalue weighted by Crippen LogP contribution is 2.31. The van der Waals surface area contributed by atoms with Crippen LogP contribution in [0.4, 0.5) is 0 Å². The predicted octanol–water partition coefficient (Wildman–Crippen LogP) is 3.47. The van der Waals surface area contributed by atoms with Gasteiger partial charge in [-0.25, -0.2) is 0 Å². The molecule has 1 aliphatic heterocycles. The summed E-state index contributed by atoms with van der Waals surface area (Å²) in [5, 5.41) is 9.60. The van der Waals surface area contributed by atoms with Crippen molar-refractivity contribution in [2.45, 2.75) is 19.6 Å². The van der Waals surface area contributed by atoms with Crippen molar-refractivity contribution in [3.8, 4) is 17.6 Å². The standard InChI is InChI=1S/C21H21N3O2/c1-2-23(14-17-15-25-20-8-3-4-9-21(20)26-17)12-16-13-24-10-6-5-7-19(24)18(16)11-22/h3-10,13,17H,2,12,14-15H2,1H3. The lowest BCUT2D eigenvalue weighted by atomic mass is 10.1. The van der Waals surface area contributed by atoms with E-state index in [4.69, 9.17) is 9.47 Å². The maximum absolute atomic E-state index is 9.60. The molecule has 1 aliphatic rings. The second-order valence-corrected chi connectivity index (χ2v) is 6.46. The fourth-order valence-corrected chi connectivity index (χ4v) is 3.41. The molecule has 4 rings (SSSR count). The lowest BCUT2D eigenvalue weighted by molar-refractivity contribution is 0.0580. The van der Waals surface area contributed by atoms with Crippen molar-refractivity contribution >= 4 is 5.52 Å². The number of rotatable bonds is 5. The number of benzene rings is 1. The largest absolute Gasteiger partial charge is 0.486 e. The van der Waals surface area contributed by atoms with E-state index in [0.717, 1.165) is 41.2 Å². The van der Waals surface area contributed by atoms with Crippen LogP contribution in [0.5, 0.6) is 11.5 Å². The molecule has 1 aromatic carbocycles. The van der Waals surface area contributed by atoms with Gasteiger partial charge in [0, 0.05) is 31.0 Å². The zero-order valence-corrected chi connectivity index (χ0v) is 14.8. The predicted molar refractivity (Wildman–Crippen MR) is 99.4 cm³/mol. The van der Waals surface area contributed by atoms with Crippen molar-refractivity contribution < 1.29 is 9.47 Å². The topological polar surface area (TPSA) is 49.9 Å². The maximum Gasteiger partial charge on any atom is 0.161 e. The minimum Gasteiger partial charge on any atom is -0.486 e. The Kier molecular flexibility index (Phi) is 4.51. The number of hydrogen-bond donors (Lipinski definition) is 0. The summed E-state index contributed by atoms with van der Waals surface area (Å²) >= 11 is 0. The number of nitrogens with zero attached hydrogens (tertiary/aromatic N) is 3. The fourth-order valence-electron chi connectivity index (χ4n) is 3.41. The van der Waals surface area contributed by atoms with Crippen molar-refractivity contribution in [3.63, 3.8) is 0 Å². The zero-order valence-electron chi connectivity index (χ0n) is 14.8. The SMILES string of the molecule is CCN(Cc1cn2ccccc2c1C#N)CC1COc2ccccc2O1. The summed E-state index contributed by atoms with van der Waals surface area (Å²) in [5.41, 5.74) is 2.74. The van der Waals surface area contributed by atoms with Crippen LogP contribution in [0.1, 0.15) is 18.1 Å². The van der Waals surface area contributed by atoms with E-state index in [1.165, 1.54) is 0 Å². The Morgan fingerprint density at radius 2 is 2.00 bits per heavy atom. The van der Waals surface area contributed by atoms with Gasteiger partial charge in [-0.2, -0.15) is 5.26 Å². The summed E-state index contributed by atoms with van der Waals surface area (Å²) in [5.74, 6) is 1.60. The molecule has 0 saturated heterocycles. The van der Waals surface area contributed by atoms with Gasteiger partial charge < -0.3 is 13.9 Å². The van der Waals surface area contributed by atoms with Gasteiger partial charge in [-0.3, -0.25) is 4.90 Å². The number of ether oxygens (including phenoxy) is 2. The molecule has 0 saturated carbocycles. The number of para-hydroxylation sites is 2. The Hall–Kier alpha value is -2.97. The van der Waals surface area contributed by atoms with Crippen LogP contribution in [0, 0.1) is 11.3 Å². The average Bonchev–Trinajstić information content (AvgIpc) is 3.04. The smallest absolute Gasteiger partial charge is 0.161 e. The van der Waals surface area contributed by atoms with Crippen LogP contribution in [0.25, 0.3) is 5.52 Å². The van der Waals surface area contributed by atoms with Crippen LogP contribution < -0.4 is 9.47 Å². The second kappa shape index (κ2) is 7.11. The van der Waals surface area contributed by atoms with E-state index in [-0.39, 0.29) is 6.10 Å². The molecular weight excluding hydrogens is 326 g/mol. The van der Waals surface area contributed by atoms with Crippen molar-refractivity contribution in [2.24, 2.45) is 0 Å². The van der Waals surface area contributed by atoms with E-state index in [9.17, 15) is 5.26 Å². The van der Waals surface area contributed by atoms with Crippen molar-refractivity contribution in [3.05, 3.63) is 66.0 Å². The Bertz CT molecular complexity index is 957. The van der Waals surface area contributed by atoms with Gasteiger partial charge >= 0.3 is 0 Å². The summed E-state index contributed by atoms with van der Waals surface area (Å²) in [4.78, 5) is 2.29. The molecule has 0 amide bonds. The molecule has 1 unspecified atom stereocenters. The lowest BCUT2D eigenvalue weighted by Gasteiger charge is -2.30. The summed E-state index contributed by atoms with van der Waals surface area (Å²) in [7, 11) is 0. The van der Waals surface area contributed by atoms with Gasteiger partial charge in [-0.1, -0.05) is 25.1 Å². The van der Waals surface area contributed by atoms with Crippen LogP contribution in [0.15, 0.2) is 54.9 Å². The van der Waals surface area contributed by atoms with E-state index in [1.54, 1.807) is 0 Å². The summed E-state index contributed by atoms with van der Waals surface area (Å²) in [6, 6.07) is 16.0. The maximum atomic E-state index is 9.60. The van der Waals surface area contributed by atoms with Gasteiger partial charge in [-0.15, -0.1) is 0 Å². The quantitative estimate of drug-likeness (QED) is 0.709. The van der Waals surface area contributed by atoms with Crippen LogP contribution >= 0.6 is 0 Å². The van der Waals surface area contributed by atoms with Crippen molar-refractivity contribution in [2.75, 3.05) is 19.7 Å². The molecule has 0 spiro atoms. The van der Waals surface area contributed by atoms with Gasteiger partial charge in [0.1, 0.15) is 18.8 Å². The van der Waals surface area contributed by atoms with E-state index in [0.29, 0.717) is 13.2 Å². The third kappa shape index (κ3) is 3.12. The zero-order chi connectivity index (χ0) is 17.9. The molecule has 1 atom stereocenters. The third-order valence-corrected chi connectivity index (χ3v) is 4.74. The molecule has 3 aromatic rings. The summed E-state index contributed by atoms with van der Waals surface area (Å²) in [6.07, 6.45) is 4.00. The molecule has 0 N–H and O–H groups in total. The van der Waals surface area contributed by atoms with E-state index >= 15 is 0 Å². The molecule has 5 nitrogen and oxygen atoms in total. The molecule has 2 aromatic heterocycles. The van der Waals surface area contributed by atoms with Gasteiger partial charge in [0.2, 0.25) is 0 Å². The van der Waals surface area contributed by atoms with Crippen molar-refractivity contribution in [1.82, 2.24) is 9.30 Å². The highest BCUT2D eigenvalue weighted by atomic mass is 16.6. The minimum atomic E-state index is -0.0209. The van der Waals surface area contributed by atoms with Crippen LogP contribution in [0.3, 0.4) is 0 Å². The normalized spacial score (nSPS) is 16.0. The number of aromatic nitrogens is 1. The summed E-state index contributed by atoms with van der Waals surface area (Å²) < 4.78 is 13.9. The number of fused-ring (bicyclic) bond motifs is 2. The molecule has 132 valence electrons. The molecule has 0 aliphatic carbocycles. The first-order valence-electron chi connectivity index (χ1n) is 8.88. The first-order valence-corrected chi connectivity index (χ1v) is 8.88. The van der Waals surface area contributed by atoms with Gasteiger partial charge in [0.15, 0.2) is 11.5 Å². The number of nitriles is 1. The number of likely N-dealkylation sites (N-methyl/N-ethyl adjacent to an activating group) is 1. The van der Waals surface area contributed by atoms with E-state index in [1.807, 2.05) is 59.3 Å². The van der Waals surface area contributed by atoms with Crippen molar-refractivity contribution in [1.29, 1.82) is 5.26 Å². The van der Waals surface area contributed by atoms with E-state index in [2.05, 4.69) is 17.9 Å². The number of hydrogen-bond acceptors (Lipinski definition) is 4. The first kappa shape index (κ1) is 16.5.